The second-order valence-corrected chi connectivity index (χ2v) is 6.96. The summed E-state index contributed by atoms with van der Waals surface area (Å²) in [4.78, 5) is 2.85. The molecule has 0 aromatic carbocycles. The van der Waals surface area contributed by atoms with Crippen molar-refractivity contribution in [3.05, 3.63) is 0 Å². The SMILES string of the molecule is CCNC1CCN(C2CCC(CC)C2C)C(C)C1C. The first-order chi connectivity index (χ1) is 9.10. The number of hydrogen-bond donors (Lipinski definition) is 1. The van der Waals surface area contributed by atoms with E-state index < -0.39 is 0 Å². The van der Waals surface area contributed by atoms with E-state index in [9.17, 15) is 0 Å². The quantitative estimate of drug-likeness (QED) is 0.837. The lowest BCUT2D eigenvalue weighted by atomic mass is 9.84. The number of nitrogens with zero attached hydrogens (tertiary/aromatic N) is 1. The van der Waals surface area contributed by atoms with E-state index in [1.165, 1.54) is 32.2 Å². The van der Waals surface area contributed by atoms with Gasteiger partial charge in [0.15, 0.2) is 0 Å². The third-order valence-corrected chi connectivity index (χ3v) is 6.22. The lowest BCUT2D eigenvalue weighted by Crippen LogP contribution is -2.57. The van der Waals surface area contributed by atoms with E-state index in [1.54, 1.807) is 0 Å². The molecular formula is C17H34N2. The van der Waals surface area contributed by atoms with E-state index in [2.05, 4.69) is 44.8 Å². The molecule has 0 aromatic heterocycles. The molecule has 6 unspecified atom stereocenters. The zero-order valence-electron chi connectivity index (χ0n) is 13.7. The molecule has 2 nitrogen and oxygen atoms in total. The molecule has 2 heteroatoms. The maximum atomic E-state index is 3.68. The summed E-state index contributed by atoms with van der Waals surface area (Å²) in [6.45, 7) is 14.4. The van der Waals surface area contributed by atoms with Gasteiger partial charge in [0.25, 0.3) is 0 Å². The highest BCUT2D eigenvalue weighted by molar-refractivity contribution is 4.96. The summed E-state index contributed by atoms with van der Waals surface area (Å²) in [5, 5.41) is 3.68. The Morgan fingerprint density at radius 3 is 2.32 bits per heavy atom. The molecule has 1 aliphatic carbocycles. The van der Waals surface area contributed by atoms with Crippen molar-refractivity contribution in [2.75, 3.05) is 13.1 Å². The maximum absolute atomic E-state index is 3.68. The maximum Gasteiger partial charge on any atom is 0.0127 e. The van der Waals surface area contributed by atoms with E-state index in [1.807, 2.05) is 0 Å². The monoisotopic (exact) mass is 266 g/mol. The van der Waals surface area contributed by atoms with Crippen molar-refractivity contribution in [1.82, 2.24) is 10.2 Å². The Kier molecular flexibility index (Phi) is 5.30. The molecule has 0 amide bonds. The van der Waals surface area contributed by atoms with E-state index >= 15 is 0 Å². The van der Waals surface area contributed by atoms with Crippen molar-refractivity contribution in [2.24, 2.45) is 17.8 Å². The second-order valence-electron chi connectivity index (χ2n) is 6.96. The van der Waals surface area contributed by atoms with E-state index in [0.717, 1.165) is 42.4 Å². The van der Waals surface area contributed by atoms with Crippen molar-refractivity contribution in [1.29, 1.82) is 0 Å². The van der Waals surface area contributed by atoms with E-state index in [4.69, 9.17) is 0 Å². The molecule has 2 rings (SSSR count). The molecule has 1 heterocycles. The predicted octanol–water partition coefficient (Wildman–Crippen LogP) is 3.52. The lowest BCUT2D eigenvalue weighted by Gasteiger charge is -2.47. The van der Waals surface area contributed by atoms with Crippen LogP contribution >= 0.6 is 0 Å². The van der Waals surface area contributed by atoms with Gasteiger partial charge in [-0.05, 0) is 50.5 Å². The standard InChI is InChI=1S/C17H34N2/c1-6-15-8-9-17(13(15)4)19-11-10-16(18-7-2)12(3)14(19)5/h12-18H,6-11H2,1-5H3. The van der Waals surface area contributed by atoms with E-state index in [-0.39, 0.29) is 0 Å². The molecule has 1 saturated heterocycles. The molecule has 0 radical (unpaired) electrons. The van der Waals surface area contributed by atoms with Crippen LogP contribution in [0.2, 0.25) is 0 Å². The van der Waals surface area contributed by atoms with Gasteiger partial charge >= 0.3 is 0 Å². The molecule has 2 aliphatic rings. The molecule has 112 valence electrons. The summed E-state index contributed by atoms with van der Waals surface area (Å²) in [6, 6.07) is 2.32. The summed E-state index contributed by atoms with van der Waals surface area (Å²) >= 11 is 0. The third-order valence-electron chi connectivity index (χ3n) is 6.22. The van der Waals surface area contributed by atoms with Crippen LogP contribution in [0.3, 0.4) is 0 Å². The number of piperidine rings is 1. The van der Waals surface area contributed by atoms with Crippen LogP contribution in [-0.4, -0.2) is 36.1 Å². The minimum Gasteiger partial charge on any atom is -0.314 e. The smallest absolute Gasteiger partial charge is 0.0127 e. The first kappa shape index (κ1) is 15.3. The van der Waals surface area contributed by atoms with Crippen LogP contribution in [0.15, 0.2) is 0 Å². The van der Waals surface area contributed by atoms with Crippen LogP contribution in [0.4, 0.5) is 0 Å². The van der Waals surface area contributed by atoms with Gasteiger partial charge in [0.2, 0.25) is 0 Å². The Labute approximate surface area is 120 Å². The Balaban J connectivity index is 1.99. The second kappa shape index (κ2) is 6.58. The average molecular weight is 266 g/mol. The number of likely N-dealkylation sites (tertiary alicyclic amines) is 1. The summed E-state index contributed by atoms with van der Waals surface area (Å²) in [5.41, 5.74) is 0. The molecule has 19 heavy (non-hydrogen) atoms. The van der Waals surface area contributed by atoms with Crippen LogP contribution in [0.1, 0.15) is 60.3 Å². The largest absolute Gasteiger partial charge is 0.314 e. The van der Waals surface area contributed by atoms with Gasteiger partial charge in [0.05, 0.1) is 0 Å². The highest BCUT2D eigenvalue weighted by atomic mass is 15.2. The normalized spacial score (nSPS) is 44.7. The Morgan fingerprint density at radius 2 is 1.74 bits per heavy atom. The third kappa shape index (κ3) is 3.00. The molecular weight excluding hydrogens is 232 g/mol. The van der Waals surface area contributed by atoms with Gasteiger partial charge in [-0.3, -0.25) is 4.90 Å². The van der Waals surface area contributed by atoms with Crippen molar-refractivity contribution in [3.8, 4) is 0 Å². The van der Waals surface area contributed by atoms with Gasteiger partial charge in [0.1, 0.15) is 0 Å². The number of hydrogen-bond acceptors (Lipinski definition) is 2. The van der Waals surface area contributed by atoms with Gasteiger partial charge in [-0.1, -0.05) is 34.1 Å². The van der Waals surface area contributed by atoms with Gasteiger partial charge in [-0.2, -0.15) is 0 Å². The fourth-order valence-corrected chi connectivity index (χ4v) is 4.68. The molecule has 0 aromatic rings. The molecule has 0 bridgehead atoms. The van der Waals surface area contributed by atoms with Crippen LogP contribution in [0.5, 0.6) is 0 Å². The number of rotatable bonds is 4. The van der Waals surface area contributed by atoms with Gasteiger partial charge in [0, 0.05) is 24.7 Å². The fourth-order valence-electron chi connectivity index (χ4n) is 4.68. The number of nitrogens with one attached hydrogen (secondary N) is 1. The lowest BCUT2D eigenvalue weighted by molar-refractivity contribution is 0.0308. The Hall–Kier alpha value is -0.0800. The topological polar surface area (TPSA) is 15.3 Å². The van der Waals surface area contributed by atoms with Crippen molar-refractivity contribution < 1.29 is 0 Å². The summed E-state index contributed by atoms with van der Waals surface area (Å²) in [6.07, 6.45) is 5.59. The summed E-state index contributed by atoms with van der Waals surface area (Å²) in [5.74, 6) is 2.65. The molecule has 6 atom stereocenters. The van der Waals surface area contributed by atoms with E-state index in [0.29, 0.717) is 0 Å². The Morgan fingerprint density at radius 1 is 1.00 bits per heavy atom. The zero-order chi connectivity index (χ0) is 14.0. The van der Waals surface area contributed by atoms with Crippen LogP contribution in [-0.2, 0) is 0 Å². The highest BCUT2D eigenvalue weighted by Crippen LogP contribution is 2.40. The van der Waals surface area contributed by atoms with Crippen LogP contribution in [0, 0.1) is 17.8 Å². The van der Waals surface area contributed by atoms with Crippen LogP contribution < -0.4 is 5.32 Å². The summed E-state index contributed by atoms with van der Waals surface area (Å²) in [7, 11) is 0. The fraction of sp³-hybridized carbons (Fsp3) is 1.00. The van der Waals surface area contributed by atoms with Crippen molar-refractivity contribution in [2.45, 2.75) is 78.4 Å². The minimum atomic E-state index is 0.731. The minimum absolute atomic E-state index is 0.731. The van der Waals surface area contributed by atoms with Crippen molar-refractivity contribution in [3.63, 3.8) is 0 Å². The van der Waals surface area contributed by atoms with Gasteiger partial charge in [-0.25, -0.2) is 0 Å². The molecule has 2 fully saturated rings. The predicted molar refractivity (Wildman–Crippen MR) is 83.4 cm³/mol. The highest BCUT2D eigenvalue weighted by Gasteiger charge is 2.41. The summed E-state index contributed by atoms with van der Waals surface area (Å²) < 4.78 is 0. The van der Waals surface area contributed by atoms with Crippen molar-refractivity contribution >= 4 is 0 Å². The van der Waals surface area contributed by atoms with Gasteiger partial charge < -0.3 is 5.32 Å². The molecule has 1 aliphatic heterocycles. The van der Waals surface area contributed by atoms with Crippen LogP contribution in [0.25, 0.3) is 0 Å². The first-order valence-corrected chi connectivity index (χ1v) is 8.59. The van der Waals surface area contributed by atoms with Gasteiger partial charge in [-0.15, -0.1) is 0 Å². The Bertz CT molecular complexity index is 278. The first-order valence-electron chi connectivity index (χ1n) is 8.59. The molecule has 1 saturated carbocycles. The molecule has 0 spiro atoms. The molecule has 1 N–H and O–H groups in total. The zero-order valence-corrected chi connectivity index (χ0v) is 13.7. The average Bonchev–Trinajstić information content (AvgIpc) is 2.77.